The largest absolute Gasteiger partial charge is 0.481 e. The third-order valence-corrected chi connectivity index (χ3v) is 2.45. The number of hydrogen-bond acceptors (Lipinski definition) is 4. The van der Waals surface area contributed by atoms with Crippen molar-refractivity contribution in [1.29, 1.82) is 0 Å². The molecule has 1 aromatic rings. The Hall–Kier alpha value is -1.98. The number of aryl methyl sites for hydroxylation is 1. The summed E-state index contributed by atoms with van der Waals surface area (Å²) in [7, 11) is 1.56. The standard InChI is InChI=1S/C11H15N3O3/c1-7(6-10(15)16)14(3)11(17)9-4-5-12-8(2)13-9/h4-5,7H,6H2,1-3H3,(H,15,16). The van der Waals surface area contributed by atoms with E-state index >= 15 is 0 Å². The van der Waals surface area contributed by atoms with Crippen LogP contribution in [-0.2, 0) is 4.79 Å². The summed E-state index contributed by atoms with van der Waals surface area (Å²) in [5.41, 5.74) is 0.275. The van der Waals surface area contributed by atoms with Gasteiger partial charge in [0.15, 0.2) is 0 Å². The molecular formula is C11H15N3O3. The van der Waals surface area contributed by atoms with E-state index in [4.69, 9.17) is 5.11 Å². The van der Waals surface area contributed by atoms with Crippen LogP contribution in [0.2, 0.25) is 0 Å². The predicted molar refractivity (Wildman–Crippen MR) is 60.6 cm³/mol. The summed E-state index contributed by atoms with van der Waals surface area (Å²) in [6.07, 6.45) is 1.41. The van der Waals surface area contributed by atoms with E-state index in [1.54, 1.807) is 20.9 Å². The van der Waals surface area contributed by atoms with Gasteiger partial charge in [-0.25, -0.2) is 9.97 Å². The first kappa shape index (κ1) is 13.1. The van der Waals surface area contributed by atoms with E-state index in [0.29, 0.717) is 5.82 Å². The van der Waals surface area contributed by atoms with Gasteiger partial charge < -0.3 is 10.0 Å². The molecule has 1 atom stereocenters. The smallest absolute Gasteiger partial charge is 0.305 e. The minimum atomic E-state index is -0.934. The van der Waals surface area contributed by atoms with E-state index < -0.39 is 5.97 Å². The molecule has 0 aliphatic heterocycles. The fourth-order valence-corrected chi connectivity index (χ4v) is 1.35. The van der Waals surface area contributed by atoms with Crippen molar-refractivity contribution in [1.82, 2.24) is 14.9 Å². The first-order chi connectivity index (χ1) is 7.91. The van der Waals surface area contributed by atoms with Gasteiger partial charge in [0, 0.05) is 19.3 Å². The summed E-state index contributed by atoms with van der Waals surface area (Å²) in [4.78, 5) is 31.8. The van der Waals surface area contributed by atoms with E-state index in [-0.39, 0.29) is 24.1 Å². The first-order valence-corrected chi connectivity index (χ1v) is 5.20. The average molecular weight is 237 g/mol. The number of carboxylic acids is 1. The quantitative estimate of drug-likeness (QED) is 0.834. The highest BCUT2D eigenvalue weighted by Crippen LogP contribution is 2.06. The monoisotopic (exact) mass is 237 g/mol. The van der Waals surface area contributed by atoms with E-state index in [9.17, 15) is 9.59 Å². The van der Waals surface area contributed by atoms with Gasteiger partial charge in [0.05, 0.1) is 6.42 Å². The minimum absolute atomic E-state index is 0.0910. The molecule has 0 bridgehead atoms. The van der Waals surface area contributed by atoms with Crippen LogP contribution < -0.4 is 0 Å². The fourth-order valence-electron chi connectivity index (χ4n) is 1.35. The molecule has 6 nitrogen and oxygen atoms in total. The van der Waals surface area contributed by atoms with Crippen LogP contribution in [-0.4, -0.2) is 44.9 Å². The number of carbonyl (C=O) groups is 2. The molecule has 0 aromatic carbocycles. The number of hydrogen-bond donors (Lipinski definition) is 1. The van der Waals surface area contributed by atoms with Gasteiger partial charge in [0.1, 0.15) is 11.5 Å². The van der Waals surface area contributed by atoms with Crippen LogP contribution in [0, 0.1) is 6.92 Å². The molecule has 0 saturated carbocycles. The number of nitrogens with zero attached hydrogens (tertiary/aromatic N) is 3. The Kier molecular flexibility index (Phi) is 4.14. The van der Waals surface area contributed by atoms with Crippen molar-refractivity contribution in [3.05, 3.63) is 23.8 Å². The minimum Gasteiger partial charge on any atom is -0.481 e. The maximum Gasteiger partial charge on any atom is 0.305 e. The van der Waals surface area contributed by atoms with Crippen LogP contribution >= 0.6 is 0 Å². The van der Waals surface area contributed by atoms with Crippen molar-refractivity contribution in [2.45, 2.75) is 26.3 Å². The van der Waals surface area contributed by atoms with Crippen molar-refractivity contribution < 1.29 is 14.7 Å². The fraction of sp³-hybridized carbons (Fsp3) is 0.455. The lowest BCUT2D eigenvalue weighted by Crippen LogP contribution is -2.37. The average Bonchev–Trinajstić information content (AvgIpc) is 2.26. The molecule has 0 aliphatic rings. The number of aromatic nitrogens is 2. The third-order valence-electron chi connectivity index (χ3n) is 2.45. The van der Waals surface area contributed by atoms with Crippen LogP contribution in [0.5, 0.6) is 0 Å². The van der Waals surface area contributed by atoms with Gasteiger partial charge in [-0.3, -0.25) is 9.59 Å². The van der Waals surface area contributed by atoms with Gasteiger partial charge in [-0.2, -0.15) is 0 Å². The lowest BCUT2D eigenvalue weighted by molar-refractivity contribution is -0.137. The molecule has 17 heavy (non-hydrogen) atoms. The SMILES string of the molecule is Cc1nccc(C(=O)N(C)C(C)CC(=O)O)n1. The summed E-state index contributed by atoms with van der Waals surface area (Å²) in [6, 6.07) is 1.13. The molecule has 1 rings (SSSR count). The van der Waals surface area contributed by atoms with Gasteiger partial charge in [0.25, 0.3) is 5.91 Å². The molecule has 1 heterocycles. The summed E-state index contributed by atoms with van der Waals surface area (Å²) >= 11 is 0. The zero-order chi connectivity index (χ0) is 13.0. The molecule has 0 radical (unpaired) electrons. The highest BCUT2D eigenvalue weighted by molar-refractivity contribution is 5.92. The molecule has 0 aliphatic carbocycles. The van der Waals surface area contributed by atoms with Gasteiger partial charge in [-0.1, -0.05) is 0 Å². The van der Waals surface area contributed by atoms with Gasteiger partial charge >= 0.3 is 5.97 Å². The lowest BCUT2D eigenvalue weighted by atomic mass is 10.2. The van der Waals surface area contributed by atoms with Crippen LogP contribution in [0.4, 0.5) is 0 Å². The molecule has 1 unspecified atom stereocenters. The number of carboxylic acid groups (broad SMARTS) is 1. The highest BCUT2D eigenvalue weighted by atomic mass is 16.4. The Balaban J connectivity index is 2.79. The topological polar surface area (TPSA) is 83.4 Å². The van der Waals surface area contributed by atoms with Crippen LogP contribution in [0.3, 0.4) is 0 Å². The van der Waals surface area contributed by atoms with Crippen LogP contribution in [0.15, 0.2) is 12.3 Å². The highest BCUT2D eigenvalue weighted by Gasteiger charge is 2.20. The van der Waals surface area contributed by atoms with E-state index in [2.05, 4.69) is 9.97 Å². The molecule has 92 valence electrons. The Morgan fingerprint density at radius 3 is 2.71 bits per heavy atom. The molecule has 1 N–H and O–H groups in total. The van der Waals surface area contributed by atoms with Gasteiger partial charge in [-0.15, -0.1) is 0 Å². The summed E-state index contributed by atoms with van der Waals surface area (Å²) in [5.74, 6) is -0.726. The maximum absolute atomic E-state index is 12.0. The third kappa shape index (κ3) is 3.51. The summed E-state index contributed by atoms with van der Waals surface area (Å²) in [5, 5.41) is 8.67. The van der Waals surface area contributed by atoms with Crippen molar-refractivity contribution in [3.63, 3.8) is 0 Å². The zero-order valence-corrected chi connectivity index (χ0v) is 10.0. The molecule has 0 saturated heterocycles. The lowest BCUT2D eigenvalue weighted by Gasteiger charge is -2.23. The number of aliphatic carboxylic acids is 1. The normalized spacial score (nSPS) is 11.9. The zero-order valence-electron chi connectivity index (χ0n) is 10.0. The van der Waals surface area contributed by atoms with Crippen LogP contribution in [0.25, 0.3) is 0 Å². The van der Waals surface area contributed by atoms with Gasteiger partial charge in [-0.05, 0) is 19.9 Å². The Bertz CT molecular complexity index is 434. The van der Waals surface area contributed by atoms with Crippen LogP contribution in [0.1, 0.15) is 29.7 Å². The van der Waals surface area contributed by atoms with E-state index in [1.807, 2.05) is 0 Å². The Labute approximate surface area is 99.3 Å². The first-order valence-electron chi connectivity index (χ1n) is 5.20. The predicted octanol–water partition coefficient (Wildman–Crippen LogP) is 0.720. The van der Waals surface area contributed by atoms with Crippen molar-refractivity contribution in [3.8, 4) is 0 Å². The summed E-state index contributed by atoms with van der Waals surface area (Å²) < 4.78 is 0. The number of carbonyl (C=O) groups excluding carboxylic acids is 1. The van der Waals surface area contributed by atoms with Crippen molar-refractivity contribution in [2.24, 2.45) is 0 Å². The van der Waals surface area contributed by atoms with Crippen molar-refractivity contribution >= 4 is 11.9 Å². The molecule has 0 spiro atoms. The van der Waals surface area contributed by atoms with E-state index in [1.165, 1.54) is 17.2 Å². The molecular weight excluding hydrogens is 222 g/mol. The van der Waals surface area contributed by atoms with Gasteiger partial charge in [0.2, 0.25) is 0 Å². The molecule has 6 heteroatoms. The maximum atomic E-state index is 12.0. The Morgan fingerprint density at radius 1 is 1.53 bits per heavy atom. The van der Waals surface area contributed by atoms with Crippen molar-refractivity contribution in [2.75, 3.05) is 7.05 Å². The second-order valence-electron chi connectivity index (χ2n) is 3.85. The number of rotatable bonds is 4. The Morgan fingerprint density at radius 2 is 2.18 bits per heavy atom. The molecule has 1 amide bonds. The second kappa shape index (κ2) is 5.38. The number of amides is 1. The van der Waals surface area contributed by atoms with E-state index in [0.717, 1.165) is 0 Å². The summed E-state index contributed by atoms with van der Waals surface area (Å²) in [6.45, 7) is 3.37. The molecule has 1 aromatic heterocycles. The second-order valence-corrected chi connectivity index (χ2v) is 3.85. The molecule has 0 fully saturated rings.